The number of aryl methyl sites for hydroxylation is 1. The van der Waals surface area contributed by atoms with Crippen molar-refractivity contribution in [3.05, 3.63) is 29.3 Å². The van der Waals surface area contributed by atoms with Crippen LogP contribution in [0.25, 0.3) is 0 Å². The second-order valence-electron chi connectivity index (χ2n) is 4.63. The molecule has 0 bridgehead atoms. The van der Waals surface area contributed by atoms with E-state index in [9.17, 15) is 5.26 Å². The molecule has 2 unspecified atom stereocenters. The van der Waals surface area contributed by atoms with Crippen molar-refractivity contribution in [1.29, 1.82) is 5.26 Å². The number of ether oxygens (including phenoxy) is 1. The van der Waals surface area contributed by atoms with Gasteiger partial charge < -0.3 is 9.64 Å². The van der Waals surface area contributed by atoms with Crippen molar-refractivity contribution < 1.29 is 4.74 Å². The fraction of sp³-hybridized carbons (Fsp3) is 0.500. The van der Waals surface area contributed by atoms with Crippen LogP contribution in [0.5, 0.6) is 0 Å². The molecule has 0 amide bonds. The molecule has 0 radical (unpaired) electrons. The lowest BCUT2D eigenvalue weighted by Gasteiger charge is -2.30. The van der Waals surface area contributed by atoms with Crippen molar-refractivity contribution >= 4 is 5.69 Å². The molecule has 1 saturated heterocycles. The largest absolute Gasteiger partial charge is 0.376 e. The zero-order valence-corrected chi connectivity index (χ0v) is 10.6. The van der Waals surface area contributed by atoms with Gasteiger partial charge in [-0.25, -0.2) is 0 Å². The Morgan fingerprint density at radius 2 is 2.24 bits per heavy atom. The van der Waals surface area contributed by atoms with Gasteiger partial charge in [0.2, 0.25) is 0 Å². The summed E-state index contributed by atoms with van der Waals surface area (Å²) in [6.45, 7) is 4.95. The summed E-state index contributed by atoms with van der Waals surface area (Å²) in [7, 11) is 2.05. The van der Waals surface area contributed by atoms with Gasteiger partial charge in [-0.1, -0.05) is 12.1 Å². The van der Waals surface area contributed by atoms with E-state index in [1.54, 1.807) is 0 Å². The third-order valence-electron chi connectivity index (χ3n) is 3.54. The molecule has 2 rings (SSSR count). The average Bonchev–Trinajstić information content (AvgIpc) is 2.74. The molecule has 0 spiro atoms. The van der Waals surface area contributed by atoms with Crippen LogP contribution in [0.4, 0.5) is 5.69 Å². The number of nitriles is 1. The predicted octanol–water partition coefficient (Wildman–Crippen LogP) is 2.48. The number of para-hydroxylation sites is 1. The van der Waals surface area contributed by atoms with Crippen LogP contribution in [-0.4, -0.2) is 25.8 Å². The standard InChI is InChI=1S/C14H18N2O/c1-10-5-4-6-12(9-15)14(10)16(3)13-7-8-17-11(13)2/h4-6,11,13H,7-8H2,1-3H3. The third-order valence-corrected chi connectivity index (χ3v) is 3.54. The summed E-state index contributed by atoms with van der Waals surface area (Å²) in [5, 5.41) is 9.19. The van der Waals surface area contributed by atoms with Crippen molar-refractivity contribution in [1.82, 2.24) is 0 Å². The Kier molecular flexibility index (Phi) is 3.35. The van der Waals surface area contributed by atoms with Gasteiger partial charge in [0.1, 0.15) is 6.07 Å². The summed E-state index contributed by atoms with van der Waals surface area (Å²) >= 11 is 0. The van der Waals surface area contributed by atoms with Gasteiger partial charge in [0.25, 0.3) is 0 Å². The molecule has 1 heterocycles. The molecule has 1 aliphatic heterocycles. The van der Waals surface area contributed by atoms with Crippen LogP contribution in [0, 0.1) is 18.3 Å². The lowest BCUT2D eigenvalue weighted by atomic mass is 10.0. The Morgan fingerprint density at radius 1 is 1.47 bits per heavy atom. The molecule has 1 fully saturated rings. The summed E-state index contributed by atoms with van der Waals surface area (Å²) in [5.74, 6) is 0. The topological polar surface area (TPSA) is 36.3 Å². The highest BCUT2D eigenvalue weighted by Gasteiger charge is 2.29. The Labute approximate surface area is 103 Å². The molecule has 17 heavy (non-hydrogen) atoms. The lowest BCUT2D eigenvalue weighted by molar-refractivity contribution is 0.118. The average molecular weight is 230 g/mol. The molecule has 1 aromatic carbocycles. The Hall–Kier alpha value is -1.53. The van der Waals surface area contributed by atoms with E-state index >= 15 is 0 Å². The number of nitrogens with zero attached hydrogens (tertiary/aromatic N) is 2. The summed E-state index contributed by atoms with van der Waals surface area (Å²) in [6.07, 6.45) is 1.25. The lowest BCUT2D eigenvalue weighted by Crippen LogP contribution is -2.37. The molecule has 0 N–H and O–H groups in total. The molecule has 3 heteroatoms. The number of rotatable bonds is 2. The highest BCUT2D eigenvalue weighted by Crippen LogP contribution is 2.29. The third kappa shape index (κ3) is 2.13. The first-order valence-electron chi connectivity index (χ1n) is 5.99. The Balaban J connectivity index is 2.36. The molecule has 0 aliphatic carbocycles. The van der Waals surface area contributed by atoms with E-state index in [1.807, 2.05) is 25.1 Å². The number of benzene rings is 1. The van der Waals surface area contributed by atoms with Crippen molar-refractivity contribution in [2.45, 2.75) is 32.4 Å². The van der Waals surface area contributed by atoms with Gasteiger partial charge in [-0.3, -0.25) is 0 Å². The number of hydrogen-bond donors (Lipinski definition) is 0. The van der Waals surface area contributed by atoms with Crippen LogP contribution in [0.15, 0.2) is 18.2 Å². The predicted molar refractivity (Wildman–Crippen MR) is 68.1 cm³/mol. The molecule has 3 nitrogen and oxygen atoms in total. The minimum atomic E-state index is 0.228. The second-order valence-corrected chi connectivity index (χ2v) is 4.63. The highest BCUT2D eigenvalue weighted by atomic mass is 16.5. The Morgan fingerprint density at radius 3 is 2.82 bits per heavy atom. The second kappa shape index (κ2) is 4.77. The molecule has 0 aromatic heterocycles. The van der Waals surface area contributed by atoms with Crippen LogP contribution >= 0.6 is 0 Å². The van der Waals surface area contributed by atoms with Gasteiger partial charge >= 0.3 is 0 Å². The summed E-state index contributed by atoms with van der Waals surface area (Å²) in [5.41, 5.74) is 2.93. The highest BCUT2D eigenvalue weighted by molar-refractivity contribution is 5.64. The summed E-state index contributed by atoms with van der Waals surface area (Å²) in [6, 6.07) is 8.49. The SMILES string of the molecule is Cc1cccc(C#N)c1N(C)C1CCOC1C. The van der Waals surface area contributed by atoms with Crippen LogP contribution < -0.4 is 4.90 Å². The maximum Gasteiger partial charge on any atom is 0.101 e. The van der Waals surface area contributed by atoms with E-state index in [2.05, 4.69) is 24.9 Å². The monoisotopic (exact) mass is 230 g/mol. The van der Waals surface area contributed by atoms with Gasteiger partial charge in [-0.2, -0.15) is 5.26 Å². The van der Waals surface area contributed by atoms with Crippen LogP contribution in [0.1, 0.15) is 24.5 Å². The first-order chi connectivity index (χ1) is 8.15. The normalized spacial score (nSPS) is 23.4. The smallest absolute Gasteiger partial charge is 0.101 e. The first kappa shape index (κ1) is 11.9. The molecule has 2 atom stereocenters. The zero-order chi connectivity index (χ0) is 12.4. The number of anilines is 1. The quantitative estimate of drug-likeness (QED) is 0.783. The van der Waals surface area contributed by atoms with Crippen molar-refractivity contribution in [2.24, 2.45) is 0 Å². The molecule has 1 aromatic rings. The van der Waals surface area contributed by atoms with Crippen LogP contribution in [0.3, 0.4) is 0 Å². The first-order valence-corrected chi connectivity index (χ1v) is 5.99. The van der Waals surface area contributed by atoms with E-state index in [1.165, 1.54) is 0 Å². The maximum atomic E-state index is 9.19. The minimum absolute atomic E-state index is 0.228. The maximum absolute atomic E-state index is 9.19. The Bertz CT molecular complexity index is 450. The van der Waals surface area contributed by atoms with Gasteiger partial charge in [-0.05, 0) is 31.9 Å². The molecular formula is C14H18N2O. The number of likely N-dealkylation sites (N-methyl/N-ethyl adjacent to an activating group) is 1. The van der Waals surface area contributed by atoms with E-state index in [4.69, 9.17) is 4.74 Å². The van der Waals surface area contributed by atoms with Crippen LogP contribution in [-0.2, 0) is 4.74 Å². The summed E-state index contributed by atoms with van der Waals surface area (Å²) in [4.78, 5) is 2.20. The molecule has 0 saturated carbocycles. The van der Waals surface area contributed by atoms with Gasteiger partial charge in [0, 0.05) is 13.7 Å². The van der Waals surface area contributed by atoms with Crippen molar-refractivity contribution in [2.75, 3.05) is 18.6 Å². The number of hydrogen-bond acceptors (Lipinski definition) is 3. The minimum Gasteiger partial charge on any atom is -0.376 e. The van der Waals surface area contributed by atoms with Gasteiger partial charge in [0.15, 0.2) is 0 Å². The van der Waals surface area contributed by atoms with Crippen LogP contribution in [0.2, 0.25) is 0 Å². The molecule has 1 aliphatic rings. The molecule has 90 valence electrons. The molecular weight excluding hydrogens is 212 g/mol. The van der Waals surface area contributed by atoms with E-state index in [0.29, 0.717) is 6.04 Å². The van der Waals surface area contributed by atoms with Gasteiger partial charge in [-0.15, -0.1) is 0 Å². The van der Waals surface area contributed by atoms with E-state index < -0.39 is 0 Å². The zero-order valence-electron chi connectivity index (χ0n) is 10.6. The van der Waals surface area contributed by atoms with E-state index in [-0.39, 0.29) is 6.10 Å². The fourth-order valence-electron chi connectivity index (χ4n) is 2.61. The van der Waals surface area contributed by atoms with Crippen molar-refractivity contribution in [3.63, 3.8) is 0 Å². The van der Waals surface area contributed by atoms with Crippen molar-refractivity contribution in [3.8, 4) is 6.07 Å². The summed E-state index contributed by atoms with van der Waals surface area (Å²) < 4.78 is 5.60. The van der Waals surface area contributed by atoms with Gasteiger partial charge in [0.05, 0.1) is 23.4 Å². The van der Waals surface area contributed by atoms with E-state index in [0.717, 1.165) is 29.8 Å². The fourth-order valence-corrected chi connectivity index (χ4v) is 2.61.